The number of nitrogens with one attached hydrogen (secondary N) is 1. The number of rotatable bonds is 2. The Morgan fingerprint density at radius 3 is 2.65 bits per heavy atom. The Bertz CT molecular complexity index is 689. The van der Waals surface area contributed by atoms with Gasteiger partial charge in [-0.15, -0.1) is 0 Å². The molecule has 0 aliphatic rings. The molecular formula is C14H11ClF2N2O. The van der Waals surface area contributed by atoms with Gasteiger partial charge in [0.25, 0.3) is 5.91 Å². The minimum Gasteiger partial charge on any atom is -0.398 e. The fourth-order valence-electron chi connectivity index (χ4n) is 1.68. The largest absolute Gasteiger partial charge is 0.398 e. The average Bonchev–Trinajstić information content (AvgIpc) is 2.41. The van der Waals surface area contributed by atoms with E-state index < -0.39 is 23.2 Å². The van der Waals surface area contributed by atoms with E-state index in [0.29, 0.717) is 5.02 Å². The Labute approximate surface area is 119 Å². The maximum atomic E-state index is 13.8. The molecule has 0 atom stereocenters. The molecule has 0 aromatic heterocycles. The highest BCUT2D eigenvalue weighted by atomic mass is 35.5. The van der Waals surface area contributed by atoms with Crippen LogP contribution in [-0.2, 0) is 0 Å². The summed E-state index contributed by atoms with van der Waals surface area (Å²) in [7, 11) is 0. The molecule has 0 aliphatic carbocycles. The second-order valence-corrected chi connectivity index (χ2v) is 4.68. The molecule has 1 amide bonds. The Balaban J connectivity index is 2.38. The van der Waals surface area contributed by atoms with Gasteiger partial charge in [-0.3, -0.25) is 4.79 Å². The SMILES string of the molecule is Cc1ccc(F)c(NC(=O)c2cc(Cl)ccc2N)c1F. The maximum absolute atomic E-state index is 13.8. The molecule has 2 aromatic rings. The van der Waals surface area contributed by atoms with Gasteiger partial charge in [0.05, 0.1) is 5.56 Å². The van der Waals surface area contributed by atoms with Gasteiger partial charge in [-0.25, -0.2) is 8.78 Å². The number of anilines is 2. The molecule has 0 bridgehead atoms. The zero-order valence-electron chi connectivity index (χ0n) is 10.5. The van der Waals surface area contributed by atoms with Crippen molar-refractivity contribution in [2.75, 3.05) is 11.1 Å². The van der Waals surface area contributed by atoms with Crippen LogP contribution in [0, 0.1) is 18.6 Å². The standard InChI is InChI=1S/C14H11ClF2N2O/c1-7-2-4-10(16)13(12(7)17)19-14(20)9-6-8(15)3-5-11(9)18/h2-6H,18H2,1H3,(H,19,20). The van der Waals surface area contributed by atoms with E-state index in [1.54, 1.807) is 0 Å². The first kappa shape index (κ1) is 14.3. The molecule has 104 valence electrons. The smallest absolute Gasteiger partial charge is 0.257 e. The number of carbonyl (C=O) groups excluding carboxylic acids is 1. The van der Waals surface area contributed by atoms with Crippen molar-refractivity contribution in [3.8, 4) is 0 Å². The van der Waals surface area contributed by atoms with Crippen LogP contribution in [0.5, 0.6) is 0 Å². The predicted octanol–water partition coefficient (Wildman–Crippen LogP) is 3.76. The summed E-state index contributed by atoms with van der Waals surface area (Å²) in [5.74, 6) is -2.41. The second-order valence-electron chi connectivity index (χ2n) is 4.24. The van der Waals surface area contributed by atoms with E-state index in [2.05, 4.69) is 5.32 Å². The summed E-state index contributed by atoms with van der Waals surface area (Å²) in [4.78, 5) is 12.0. The molecule has 3 N–H and O–H groups in total. The first-order valence-corrected chi connectivity index (χ1v) is 6.09. The molecule has 0 fully saturated rings. The molecule has 0 saturated heterocycles. The van der Waals surface area contributed by atoms with E-state index in [0.717, 1.165) is 6.07 Å². The first-order chi connectivity index (χ1) is 9.40. The Morgan fingerprint density at radius 1 is 1.25 bits per heavy atom. The van der Waals surface area contributed by atoms with E-state index in [-0.39, 0.29) is 16.8 Å². The van der Waals surface area contributed by atoms with Crippen LogP contribution in [0.2, 0.25) is 5.02 Å². The van der Waals surface area contributed by atoms with E-state index in [1.165, 1.54) is 31.2 Å². The predicted molar refractivity (Wildman–Crippen MR) is 74.9 cm³/mol. The molecular weight excluding hydrogens is 286 g/mol. The molecule has 0 saturated carbocycles. The van der Waals surface area contributed by atoms with Gasteiger partial charge in [0.15, 0.2) is 5.82 Å². The summed E-state index contributed by atoms with van der Waals surface area (Å²) in [6.07, 6.45) is 0. The van der Waals surface area contributed by atoms with E-state index in [9.17, 15) is 13.6 Å². The molecule has 6 heteroatoms. The zero-order valence-corrected chi connectivity index (χ0v) is 11.3. The maximum Gasteiger partial charge on any atom is 0.257 e. The van der Waals surface area contributed by atoms with Gasteiger partial charge >= 0.3 is 0 Å². The van der Waals surface area contributed by atoms with Crippen molar-refractivity contribution in [2.24, 2.45) is 0 Å². The van der Waals surface area contributed by atoms with Crippen LogP contribution in [0.1, 0.15) is 15.9 Å². The van der Waals surface area contributed by atoms with Gasteiger partial charge in [-0.1, -0.05) is 17.7 Å². The van der Waals surface area contributed by atoms with Crippen LogP contribution >= 0.6 is 11.6 Å². The quantitative estimate of drug-likeness (QED) is 0.829. The van der Waals surface area contributed by atoms with E-state index in [1.807, 2.05) is 0 Å². The van der Waals surface area contributed by atoms with Crippen LogP contribution in [0.25, 0.3) is 0 Å². The highest BCUT2D eigenvalue weighted by molar-refractivity contribution is 6.31. The number of halogens is 3. The molecule has 3 nitrogen and oxygen atoms in total. The topological polar surface area (TPSA) is 55.1 Å². The number of aryl methyl sites for hydroxylation is 1. The number of nitrogen functional groups attached to an aromatic ring is 1. The normalized spacial score (nSPS) is 10.4. The molecule has 2 aromatic carbocycles. The van der Waals surface area contributed by atoms with Crippen molar-refractivity contribution in [3.05, 3.63) is 58.1 Å². The number of amides is 1. The van der Waals surface area contributed by atoms with Crippen LogP contribution in [0.15, 0.2) is 30.3 Å². The summed E-state index contributed by atoms with van der Waals surface area (Å²) in [6.45, 7) is 1.47. The van der Waals surface area contributed by atoms with Crippen LogP contribution in [0.4, 0.5) is 20.2 Å². The molecule has 0 spiro atoms. The molecule has 0 aliphatic heterocycles. The minimum absolute atomic E-state index is 0.0535. The highest BCUT2D eigenvalue weighted by Gasteiger charge is 2.17. The summed E-state index contributed by atoms with van der Waals surface area (Å²) >= 11 is 5.77. The lowest BCUT2D eigenvalue weighted by molar-refractivity contribution is 0.102. The fraction of sp³-hybridized carbons (Fsp3) is 0.0714. The molecule has 0 unspecified atom stereocenters. The van der Waals surface area contributed by atoms with Crippen molar-refractivity contribution in [3.63, 3.8) is 0 Å². The molecule has 0 heterocycles. The van der Waals surface area contributed by atoms with E-state index >= 15 is 0 Å². The number of benzene rings is 2. The van der Waals surface area contributed by atoms with Crippen molar-refractivity contribution in [1.82, 2.24) is 0 Å². The van der Waals surface area contributed by atoms with Gasteiger partial charge in [0.1, 0.15) is 11.5 Å². The Morgan fingerprint density at radius 2 is 1.95 bits per heavy atom. The fourth-order valence-corrected chi connectivity index (χ4v) is 1.85. The Hall–Kier alpha value is -2.14. The third-order valence-electron chi connectivity index (χ3n) is 2.78. The van der Waals surface area contributed by atoms with Crippen LogP contribution in [0.3, 0.4) is 0 Å². The zero-order chi connectivity index (χ0) is 14.9. The van der Waals surface area contributed by atoms with Crippen molar-refractivity contribution in [1.29, 1.82) is 0 Å². The minimum atomic E-state index is -0.859. The Kier molecular flexibility index (Phi) is 3.90. The second kappa shape index (κ2) is 5.46. The highest BCUT2D eigenvalue weighted by Crippen LogP contribution is 2.24. The third kappa shape index (κ3) is 2.72. The van der Waals surface area contributed by atoms with Gasteiger partial charge in [-0.2, -0.15) is 0 Å². The number of hydrogen-bond donors (Lipinski definition) is 2. The number of carbonyl (C=O) groups is 1. The average molecular weight is 297 g/mol. The van der Waals surface area contributed by atoms with Crippen LogP contribution < -0.4 is 11.1 Å². The van der Waals surface area contributed by atoms with E-state index in [4.69, 9.17) is 17.3 Å². The summed E-state index contributed by atoms with van der Waals surface area (Å²) in [5.41, 5.74) is 5.58. The van der Waals surface area contributed by atoms with Crippen molar-refractivity contribution >= 4 is 28.9 Å². The number of hydrogen-bond acceptors (Lipinski definition) is 2. The lowest BCUT2D eigenvalue weighted by atomic mass is 10.1. The van der Waals surface area contributed by atoms with Gasteiger partial charge < -0.3 is 11.1 Å². The summed E-state index contributed by atoms with van der Waals surface area (Å²) in [5, 5.41) is 2.48. The van der Waals surface area contributed by atoms with Gasteiger partial charge in [-0.05, 0) is 36.8 Å². The first-order valence-electron chi connectivity index (χ1n) is 5.71. The number of nitrogens with two attached hydrogens (primary N) is 1. The lowest BCUT2D eigenvalue weighted by Crippen LogP contribution is -2.16. The van der Waals surface area contributed by atoms with Gasteiger partial charge in [0.2, 0.25) is 0 Å². The van der Waals surface area contributed by atoms with Gasteiger partial charge in [0, 0.05) is 10.7 Å². The molecule has 20 heavy (non-hydrogen) atoms. The summed E-state index contributed by atoms with van der Waals surface area (Å²) in [6, 6.07) is 6.66. The van der Waals surface area contributed by atoms with Crippen molar-refractivity contribution < 1.29 is 13.6 Å². The lowest BCUT2D eigenvalue weighted by Gasteiger charge is -2.10. The molecule has 0 radical (unpaired) electrons. The van der Waals surface area contributed by atoms with Crippen LogP contribution in [-0.4, -0.2) is 5.91 Å². The summed E-state index contributed by atoms with van der Waals surface area (Å²) < 4.78 is 27.4. The monoisotopic (exact) mass is 296 g/mol. The van der Waals surface area contributed by atoms with Crippen molar-refractivity contribution in [2.45, 2.75) is 6.92 Å². The molecule has 2 rings (SSSR count). The third-order valence-corrected chi connectivity index (χ3v) is 3.02.